The number of ether oxygens (including phenoxy) is 1. The summed E-state index contributed by atoms with van der Waals surface area (Å²) in [5.41, 5.74) is -0.380. The van der Waals surface area contributed by atoms with Gasteiger partial charge >= 0.3 is 5.97 Å². The smallest absolute Gasteiger partial charge is 0.310 e. The van der Waals surface area contributed by atoms with E-state index in [0.717, 1.165) is 0 Å². The van der Waals surface area contributed by atoms with Gasteiger partial charge in [0, 0.05) is 10.2 Å². The summed E-state index contributed by atoms with van der Waals surface area (Å²) in [6.45, 7) is 1.73. The van der Waals surface area contributed by atoms with Crippen LogP contribution in [0.5, 0.6) is 0 Å². The van der Waals surface area contributed by atoms with Crippen molar-refractivity contribution in [3.63, 3.8) is 0 Å². The largest absolute Gasteiger partial charge is 0.481 e. The third kappa shape index (κ3) is 2.45. The summed E-state index contributed by atoms with van der Waals surface area (Å²) in [7, 11) is 0. The lowest BCUT2D eigenvalue weighted by molar-refractivity contribution is -0.146. The molecule has 2 bridgehead atoms. The van der Waals surface area contributed by atoms with Crippen LogP contribution in [0, 0.1) is 11.8 Å². The van der Waals surface area contributed by atoms with Crippen molar-refractivity contribution >= 4 is 45.1 Å². The minimum Gasteiger partial charge on any atom is -0.481 e. The van der Waals surface area contributed by atoms with Crippen LogP contribution in [0.25, 0.3) is 0 Å². The standard InChI is InChI=1S/C15H13BrClNO4/c1-15-5-4-10(22-15)11(14(20)21)12(15)13(19)18-7-2-3-8(16)9(17)6-7/h2-6,10-12H,1H3,(H,18,19)(H,20,21)/t10-,11+,12+,15+/m1/s1. The van der Waals surface area contributed by atoms with Gasteiger partial charge in [0.05, 0.1) is 22.6 Å². The van der Waals surface area contributed by atoms with Gasteiger partial charge in [0.2, 0.25) is 5.91 Å². The summed E-state index contributed by atoms with van der Waals surface area (Å²) >= 11 is 9.27. The van der Waals surface area contributed by atoms with Gasteiger partial charge in [0.1, 0.15) is 5.92 Å². The van der Waals surface area contributed by atoms with Crippen LogP contribution in [0.15, 0.2) is 34.8 Å². The molecule has 0 radical (unpaired) electrons. The molecule has 0 aliphatic carbocycles. The first kappa shape index (κ1) is 15.5. The molecular weight excluding hydrogens is 374 g/mol. The Balaban J connectivity index is 1.86. The Morgan fingerprint density at radius 3 is 2.82 bits per heavy atom. The number of hydrogen-bond donors (Lipinski definition) is 2. The number of hydrogen-bond acceptors (Lipinski definition) is 3. The minimum absolute atomic E-state index is 0.389. The number of halogens is 2. The van der Waals surface area contributed by atoms with E-state index in [2.05, 4.69) is 21.2 Å². The SMILES string of the molecule is C[C@@]12C=C[C@@H](O1)[C@H](C(=O)O)[C@H]2C(=O)Nc1ccc(Br)c(Cl)c1. The van der Waals surface area contributed by atoms with Crippen molar-refractivity contribution in [3.05, 3.63) is 39.8 Å². The monoisotopic (exact) mass is 385 g/mol. The van der Waals surface area contributed by atoms with E-state index in [4.69, 9.17) is 16.3 Å². The van der Waals surface area contributed by atoms with Gasteiger partial charge in [-0.25, -0.2) is 0 Å². The van der Waals surface area contributed by atoms with Crippen LogP contribution in [-0.2, 0) is 14.3 Å². The van der Waals surface area contributed by atoms with Crippen molar-refractivity contribution < 1.29 is 19.4 Å². The molecule has 5 nitrogen and oxygen atoms in total. The molecule has 0 unspecified atom stereocenters. The maximum absolute atomic E-state index is 12.6. The average Bonchev–Trinajstić information content (AvgIpc) is 2.95. The van der Waals surface area contributed by atoms with Gasteiger partial charge < -0.3 is 15.2 Å². The maximum Gasteiger partial charge on any atom is 0.310 e. The molecule has 0 aromatic heterocycles. The fourth-order valence-corrected chi connectivity index (χ4v) is 3.50. The fraction of sp³-hybridized carbons (Fsp3) is 0.333. The molecule has 7 heteroatoms. The summed E-state index contributed by atoms with van der Waals surface area (Å²) in [5.74, 6) is -3.10. The van der Waals surface area contributed by atoms with Crippen molar-refractivity contribution in [2.24, 2.45) is 11.8 Å². The third-order valence-electron chi connectivity index (χ3n) is 4.09. The predicted octanol–water partition coefficient (Wildman–Crippen LogP) is 3.09. The molecule has 2 heterocycles. The van der Waals surface area contributed by atoms with Gasteiger partial charge in [0.15, 0.2) is 0 Å². The molecular formula is C15H13BrClNO4. The molecule has 1 aromatic carbocycles. The van der Waals surface area contributed by atoms with Crippen LogP contribution >= 0.6 is 27.5 Å². The summed E-state index contributed by atoms with van der Waals surface area (Å²) in [4.78, 5) is 24.1. The molecule has 116 valence electrons. The number of carboxylic acids is 1. The number of anilines is 1. The van der Waals surface area contributed by atoms with E-state index < -0.39 is 29.5 Å². The van der Waals surface area contributed by atoms with Gasteiger partial charge in [-0.3, -0.25) is 9.59 Å². The highest BCUT2D eigenvalue weighted by molar-refractivity contribution is 9.10. The molecule has 0 saturated carbocycles. The maximum atomic E-state index is 12.6. The summed E-state index contributed by atoms with van der Waals surface area (Å²) in [6, 6.07) is 5.01. The van der Waals surface area contributed by atoms with Gasteiger partial charge in [-0.05, 0) is 41.1 Å². The lowest BCUT2D eigenvalue weighted by atomic mass is 9.75. The minimum atomic E-state index is -1.04. The van der Waals surface area contributed by atoms with E-state index in [-0.39, 0.29) is 5.91 Å². The Labute approximate surface area is 140 Å². The van der Waals surface area contributed by atoms with E-state index in [1.807, 2.05) is 0 Å². The molecule has 4 atom stereocenters. The molecule has 2 N–H and O–H groups in total. The second-order valence-electron chi connectivity index (χ2n) is 5.59. The van der Waals surface area contributed by atoms with Crippen molar-refractivity contribution in [2.45, 2.75) is 18.6 Å². The predicted molar refractivity (Wildman–Crippen MR) is 84.8 cm³/mol. The van der Waals surface area contributed by atoms with Gasteiger partial charge in [0.25, 0.3) is 0 Å². The van der Waals surface area contributed by atoms with Gasteiger partial charge in [-0.1, -0.05) is 23.8 Å². The molecule has 2 aliphatic heterocycles. The Bertz CT molecular complexity index is 692. The molecule has 1 aromatic rings. The van der Waals surface area contributed by atoms with Crippen LogP contribution in [-0.4, -0.2) is 28.7 Å². The van der Waals surface area contributed by atoms with E-state index in [0.29, 0.717) is 15.2 Å². The number of carboxylic acid groups (broad SMARTS) is 1. The van der Waals surface area contributed by atoms with Crippen molar-refractivity contribution in [3.8, 4) is 0 Å². The zero-order valence-corrected chi connectivity index (χ0v) is 13.9. The van der Waals surface area contributed by atoms with Crippen LogP contribution in [0.3, 0.4) is 0 Å². The zero-order chi connectivity index (χ0) is 16.1. The first-order chi connectivity index (χ1) is 10.3. The summed E-state index contributed by atoms with van der Waals surface area (Å²) in [5, 5.41) is 12.6. The third-order valence-corrected chi connectivity index (χ3v) is 5.32. The topological polar surface area (TPSA) is 75.6 Å². The van der Waals surface area contributed by atoms with Crippen molar-refractivity contribution in [2.75, 3.05) is 5.32 Å². The molecule has 2 aliphatic rings. The highest BCUT2D eigenvalue weighted by Gasteiger charge is 2.59. The number of carbonyl (C=O) groups is 2. The zero-order valence-electron chi connectivity index (χ0n) is 11.5. The molecule has 1 fully saturated rings. The second-order valence-corrected chi connectivity index (χ2v) is 6.85. The Morgan fingerprint density at radius 1 is 1.45 bits per heavy atom. The van der Waals surface area contributed by atoms with Gasteiger partial charge in [-0.2, -0.15) is 0 Å². The number of carbonyl (C=O) groups excluding carboxylic acids is 1. The number of aliphatic carboxylic acids is 1. The normalized spacial score (nSPS) is 32.2. The number of fused-ring (bicyclic) bond motifs is 2. The molecule has 1 amide bonds. The fourth-order valence-electron chi connectivity index (χ4n) is 3.07. The average molecular weight is 387 g/mol. The number of benzene rings is 1. The van der Waals surface area contributed by atoms with E-state index in [1.165, 1.54) is 0 Å². The Hall–Kier alpha value is -1.37. The van der Waals surface area contributed by atoms with Crippen LogP contribution in [0.4, 0.5) is 5.69 Å². The van der Waals surface area contributed by atoms with E-state index in [1.54, 1.807) is 37.3 Å². The van der Waals surface area contributed by atoms with E-state index >= 15 is 0 Å². The highest BCUT2D eigenvalue weighted by Crippen LogP contribution is 2.47. The summed E-state index contributed by atoms with van der Waals surface area (Å²) < 4.78 is 6.38. The highest BCUT2D eigenvalue weighted by atomic mass is 79.9. The second kappa shape index (κ2) is 5.37. The molecule has 22 heavy (non-hydrogen) atoms. The van der Waals surface area contributed by atoms with Crippen molar-refractivity contribution in [1.82, 2.24) is 0 Å². The Morgan fingerprint density at radius 2 is 2.18 bits per heavy atom. The van der Waals surface area contributed by atoms with Crippen LogP contribution < -0.4 is 5.32 Å². The quantitative estimate of drug-likeness (QED) is 0.783. The molecule has 3 rings (SSSR count). The van der Waals surface area contributed by atoms with Crippen LogP contribution in [0.2, 0.25) is 5.02 Å². The lowest BCUT2D eigenvalue weighted by Gasteiger charge is -2.27. The summed E-state index contributed by atoms with van der Waals surface area (Å²) in [6.07, 6.45) is 2.90. The first-order valence-corrected chi connectivity index (χ1v) is 7.85. The van der Waals surface area contributed by atoms with Crippen molar-refractivity contribution in [1.29, 1.82) is 0 Å². The number of nitrogens with one attached hydrogen (secondary N) is 1. The van der Waals surface area contributed by atoms with E-state index in [9.17, 15) is 14.7 Å². The van der Waals surface area contributed by atoms with Crippen LogP contribution in [0.1, 0.15) is 6.92 Å². The number of amides is 1. The number of rotatable bonds is 3. The lowest BCUT2D eigenvalue weighted by Crippen LogP contribution is -2.44. The molecule has 0 spiro atoms. The first-order valence-electron chi connectivity index (χ1n) is 6.68. The molecule has 1 saturated heterocycles. The Kier molecular flexibility index (Phi) is 3.79. The van der Waals surface area contributed by atoms with Gasteiger partial charge in [-0.15, -0.1) is 0 Å².